The van der Waals surface area contributed by atoms with Crippen LogP contribution < -0.4 is 10.8 Å². The SMILES string of the molecule is O=C(O)NCCc1ccnc(C(=O)NO)c1. The lowest BCUT2D eigenvalue weighted by Gasteiger charge is -2.03. The van der Waals surface area contributed by atoms with Crippen LogP contribution in [-0.2, 0) is 6.42 Å². The lowest BCUT2D eigenvalue weighted by atomic mass is 10.1. The molecule has 0 bridgehead atoms. The maximum absolute atomic E-state index is 11.0. The second-order valence-corrected chi connectivity index (χ2v) is 2.97. The number of hydroxylamine groups is 1. The molecule has 1 aromatic rings. The molecule has 0 aliphatic heterocycles. The number of amides is 2. The predicted octanol–water partition coefficient (Wildman–Crippen LogP) is 0.0107. The van der Waals surface area contributed by atoms with Gasteiger partial charge in [0.05, 0.1) is 0 Å². The van der Waals surface area contributed by atoms with Crippen molar-refractivity contribution in [2.45, 2.75) is 6.42 Å². The van der Waals surface area contributed by atoms with Gasteiger partial charge in [-0.1, -0.05) is 0 Å². The fourth-order valence-electron chi connectivity index (χ4n) is 1.13. The van der Waals surface area contributed by atoms with Crippen LogP contribution in [0.15, 0.2) is 18.3 Å². The average Bonchev–Trinajstić information content (AvgIpc) is 2.28. The van der Waals surface area contributed by atoms with Crippen LogP contribution in [0.3, 0.4) is 0 Å². The van der Waals surface area contributed by atoms with E-state index in [-0.39, 0.29) is 12.2 Å². The Morgan fingerprint density at radius 1 is 1.44 bits per heavy atom. The molecule has 0 fully saturated rings. The van der Waals surface area contributed by atoms with Crippen molar-refractivity contribution in [1.29, 1.82) is 0 Å². The molecule has 0 spiro atoms. The molecule has 7 nitrogen and oxygen atoms in total. The first kappa shape index (κ1) is 11.9. The van der Waals surface area contributed by atoms with Gasteiger partial charge in [0.2, 0.25) is 0 Å². The lowest BCUT2D eigenvalue weighted by Crippen LogP contribution is -2.23. The van der Waals surface area contributed by atoms with Crippen LogP contribution in [0.25, 0.3) is 0 Å². The molecule has 0 aliphatic rings. The topological polar surface area (TPSA) is 112 Å². The van der Waals surface area contributed by atoms with Crippen molar-refractivity contribution in [1.82, 2.24) is 15.8 Å². The van der Waals surface area contributed by atoms with E-state index >= 15 is 0 Å². The molecule has 1 aromatic heterocycles. The van der Waals surface area contributed by atoms with Crippen LogP contribution in [0.5, 0.6) is 0 Å². The second kappa shape index (κ2) is 5.66. The van der Waals surface area contributed by atoms with Gasteiger partial charge in [-0.25, -0.2) is 10.3 Å². The minimum atomic E-state index is -1.10. The predicted molar refractivity (Wildman–Crippen MR) is 53.2 cm³/mol. The van der Waals surface area contributed by atoms with Crippen LogP contribution in [0, 0.1) is 0 Å². The molecular formula is C9H11N3O4. The van der Waals surface area contributed by atoms with E-state index in [1.165, 1.54) is 17.7 Å². The molecule has 0 aliphatic carbocycles. The third-order valence-corrected chi connectivity index (χ3v) is 1.85. The fourth-order valence-corrected chi connectivity index (χ4v) is 1.13. The van der Waals surface area contributed by atoms with Gasteiger partial charge in [-0.2, -0.15) is 0 Å². The number of pyridine rings is 1. The zero-order valence-corrected chi connectivity index (χ0v) is 8.30. The number of hydrogen-bond donors (Lipinski definition) is 4. The Kier molecular flexibility index (Phi) is 4.22. The monoisotopic (exact) mass is 225 g/mol. The Morgan fingerprint density at radius 2 is 2.19 bits per heavy atom. The first-order chi connectivity index (χ1) is 7.63. The summed E-state index contributed by atoms with van der Waals surface area (Å²) >= 11 is 0. The summed E-state index contributed by atoms with van der Waals surface area (Å²) in [5, 5.41) is 19.0. The highest BCUT2D eigenvalue weighted by atomic mass is 16.5. The lowest BCUT2D eigenvalue weighted by molar-refractivity contribution is 0.0700. The summed E-state index contributed by atoms with van der Waals surface area (Å²) in [6.07, 6.45) is 0.767. The Labute approximate surface area is 91.1 Å². The summed E-state index contributed by atoms with van der Waals surface area (Å²) in [6.45, 7) is 0.250. The van der Waals surface area contributed by atoms with Crippen LogP contribution in [-0.4, -0.2) is 33.8 Å². The molecule has 4 N–H and O–H groups in total. The minimum absolute atomic E-state index is 0.0790. The fraction of sp³-hybridized carbons (Fsp3) is 0.222. The highest BCUT2D eigenvalue weighted by Gasteiger charge is 2.06. The van der Waals surface area contributed by atoms with E-state index in [1.54, 1.807) is 6.07 Å². The van der Waals surface area contributed by atoms with E-state index < -0.39 is 12.0 Å². The second-order valence-electron chi connectivity index (χ2n) is 2.97. The summed E-state index contributed by atoms with van der Waals surface area (Å²) in [5.74, 6) is -0.701. The van der Waals surface area contributed by atoms with Crippen LogP contribution in [0.4, 0.5) is 4.79 Å². The Bertz CT molecular complexity index is 394. The average molecular weight is 225 g/mol. The molecule has 0 radical (unpaired) electrons. The van der Waals surface area contributed by atoms with Gasteiger partial charge in [0.1, 0.15) is 5.69 Å². The summed E-state index contributed by atoms with van der Waals surface area (Å²) in [6, 6.07) is 3.15. The number of aromatic nitrogens is 1. The molecule has 1 heterocycles. The van der Waals surface area contributed by atoms with Crippen LogP contribution in [0.2, 0.25) is 0 Å². The maximum Gasteiger partial charge on any atom is 0.404 e. The maximum atomic E-state index is 11.0. The van der Waals surface area contributed by atoms with Crippen molar-refractivity contribution in [3.63, 3.8) is 0 Å². The standard InChI is InChI=1S/C9H11N3O4/c13-8(12-16)7-5-6(1-3-10-7)2-4-11-9(14)15/h1,3,5,11,16H,2,4H2,(H,12,13)(H,14,15). The Hall–Kier alpha value is -2.15. The van der Waals surface area contributed by atoms with E-state index in [2.05, 4.69) is 10.3 Å². The van der Waals surface area contributed by atoms with Crippen LogP contribution in [0.1, 0.15) is 16.1 Å². The third kappa shape index (κ3) is 3.54. The minimum Gasteiger partial charge on any atom is -0.465 e. The molecule has 7 heteroatoms. The summed E-state index contributed by atoms with van der Waals surface area (Å²) in [7, 11) is 0. The number of hydrogen-bond acceptors (Lipinski definition) is 4. The van der Waals surface area contributed by atoms with Crippen molar-refractivity contribution >= 4 is 12.0 Å². The van der Waals surface area contributed by atoms with Crippen molar-refractivity contribution in [3.05, 3.63) is 29.6 Å². The molecular weight excluding hydrogens is 214 g/mol. The molecule has 1 rings (SSSR count). The number of carbonyl (C=O) groups excluding carboxylic acids is 1. The summed E-state index contributed by atoms with van der Waals surface area (Å²) in [4.78, 5) is 24.9. The van der Waals surface area contributed by atoms with E-state index in [4.69, 9.17) is 10.3 Å². The van der Waals surface area contributed by atoms with Gasteiger partial charge in [0.25, 0.3) is 5.91 Å². The highest BCUT2D eigenvalue weighted by Crippen LogP contribution is 2.02. The number of nitrogens with one attached hydrogen (secondary N) is 2. The smallest absolute Gasteiger partial charge is 0.404 e. The molecule has 0 saturated heterocycles. The zero-order valence-electron chi connectivity index (χ0n) is 8.30. The molecule has 16 heavy (non-hydrogen) atoms. The van der Waals surface area contributed by atoms with Crippen molar-refractivity contribution < 1.29 is 19.9 Å². The van der Waals surface area contributed by atoms with Crippen molar-refractivity contribution in [3.8, 4) is 0 Å². The van der Waals surface area contributed by atoms with E-state index in [0.717, 1.165) is 5.56 Å². The molecule has 0 unspecified atom stereocenters. The van der Waals surface area contributed by atoms with Crippen LogP contribution >= 0.6 is 0 Å². The molecule has 0 aromatic carbocycles. The number of nitrogens with zero attached hydrogens (tertiary/aromatic N) is 1. The van der Waals surface area contributed by atoms with Gasteiger partial charge in [-0.15, -0.1) is 0 Å². The summed E-state index contributed by atoms with van der Waals surface area (Å²) in [5.41, 5.74) is 2.30. The Morgan fingerprint density at radius 3 is 2.81 bits per heavy atom. The largest absolute Gasteiger partial charge is 0.465 e. The molecule has 2 amide bonds. The van der Waals surface area contributed by atoms with Gasteiger partial charge in [-0.3, -0.25) is 15.0 Å². The van der Waals surface area contributed by atoms with E-state index in [9.17, 15) is 9.59 Å². The first-order valence-corrected chi connectivity index (χ1v) is 4.49. The first-order valence-electron chi connectivity index (χ1n) is 4.49. The number of carboxylic acid groups (broad SMARTS) is 1. The number of rotatable bonds is 4. The highest BCUT2D eigenvalue weighted by molar-refractivity contribution is 5.91. The third-order valence-electron chi connectivity index (χ3n) is 1.85. The molecule has 0 saturated carbocycles. The van der Waals surface area contributed by atoms with E-state index in [1.807, 2.05) is 0 Å². The quantitative estimate of drug-likeness (QED) is 0.426. The van der Waals surface area contributed by atoms with Crippen molar-refractivity contribution in [2.75, 3.05) is 6.54 Å². The molecule has 86 valence electrons. The van der Waals surface area contributed by atoms with E-state index in [0.29, 0.717) is 6.42 Å². The molecule has 0 atom stereocenters. The van der Waals surface area contributed by atoms with Crippen molar-refractivity contribution in [2.24, 2.45) is 0 Å². The van der Waals surface area contributed by atoms with Gasteiger partial charge < -0.3 is 10.4 Å². The summed E-state index contributed by atoms with van der Waals surface area (Å²) < 4.78 is 0. The van der Waals surface area contributed by atoms with Gasteiger partial charge in [0, 0.05) is 12.7 Å². The normalized spacial score (nSPS) is 9.56. The Balaban J connectivity index is 2.60. The number of carbonyl (C=O) groups is 2. The zero-order chi connectivity index (χ0) is 12.0. The van der Waals surface area contributed by atoms with Gasteiger partial charge in [-0.05, 0) is 24.1 Å². The van der Waals surface area contributed by atoms with Gasteiger partial charge in [0.15, 0.2) is 0 Å². The van der Waals surface area contributed by atoms with Gasteiger partial charge >= 0.3 is 6.09 Å².